The second-order valence-corrected chi connectivity index (χ2v) is 4.60. The molecule has 0 saturated carbocycles. The van der Waals surface area contributed by atoms with Crippen LogP contribution in [0.25, 0.3) is 23.1 Å². The van der Waals surface area contributed by atoms with E-state index in [1.165, 1.54) is 0 Å². The molecule has 0 spiro atoms. The maximum atomic E-state index is 11.2. The van der Waals surface area contributed by atoms with Gasteiger partial charge in [0.25, 0.3) is 0 Å². The van der Waals surface area contributed by atoms with Crippen molar-refractivity contribution in [3.8, 4) is 0 Å². The number of para-hydroxylation sites is 1. The highest BCUT2D eigenvalue weighted by Crippen LogP contribution is 2.24. The first kappa shape index (κ1) is 13.0. The van der Waals surface area contributed by atoms with E-state index in [0.717, 1.165) is 10.9 Å². The van der Waals surface area contributed by atoms with Gasteiger partial charge in [0.1, 0.15) is 0 Å². The molecular formula is C17H12N2O2. The number of nitrogens with zero attached hydrogens (tertiary/aromatic N) is 2. The van der Waals surface area contributed by atoms with Crippen LogP contribution >= 0.6 is 0 Å². The van der Waals surface area contributed by atoms with Gasteiger partial charge >= 0.3 is 5.82 Å². The summed E-state index contributed by atoms with van der Waals surface area (Å²) in [5, 5.41) is 12.1. The van der Waals surface area contributed by atoms with Crippen LogP contribution in [0.2, 0.25) is 0 Å². The minimum absolute atomic E-state index is 0.124. The third kappa shape index (κ3) is 2.79. The molecular weight excluding hydrogens is 264 g/mol. The summed E-state index contributed by atoms with van der Waals surface area (Å²) in [6.45, 7) is 0. The van der Waals surface area contributed by atoms with Crippen LogP contribution in [0.15, 0.2) is 60.7 Å². The third-order valence-corrected chi connectivity index (χ3v) is 3.16. The Balaban J connectivity index is 2.10. The van der Waals surface area contributed by atoms with Crippen LogP contribution in [0, 0.1) is 10.1 Å². The van der Waals surface area contributed by atoms with E-state index >= 15 is 0 Å². The van der Waals surface area contributed by atoms with Gasteiger partial charge in [0.05, 0.1) is 5.56 Å². The molecule has 0 fully saturated rings. The van der Waals surface area contributed by atoms with Gasteiger partial charge in [0.2, 0.25) is 0 Å². The van der Waals surface area contributed by atoms with Crippen molar-refractivity contribution in [1.29, 1.82) is 0 Å². The normalized spacial score (nSPS) is 11.0. The van der Waals surface area contributed by atoms with Crippen LogP contribution in [0.1, 0.15) is 11.1 Å². The van der Waals surface area contributed by atoms with Gasteiger partial charge in [-0.05, 0) is 33.7 Å². The molecule has 1 aromatic heterocycles. The molecule has 0 atom stereocenters. The van der Waals surface area contributed by atoms with Crippen LogP contribution in [0.5, 0.6) is 0 Å². The summed E-state index contributed by atoms with van der Waals surface area (Å²) in [5.41, 5.74) is 2.11. The largest absolute Gasteiger partial charge is 0.371 e. The molecule has 0 aliphatic rings. The molecule has 2 aromatic carbocycles. The Labute approximate surface area is 121 Å². The molecule has 0 radical (unpaired) electrons. The molecule has 3 rings (SSSR count). The van der Waals surface area contributed by atoms with E-state index in [1.807, 2.05) is 54.6 Å². The lowest BCUT2D eigenvalue weighted by Gasteiger charge is -2.00. The van der Waals surface area contributed by atoms with Crippen molar-refractivity contribution in [2.45, 2.75) is 0 Å². The summed E-state index contributed by atoms with van der Waals surface area (Å²) < 4.78 is 0. The molecule has 0 bridgehead atoms. The molecule has 0 amide bonds. The van der Waals surface area contributed by atoms with E-state index in [0.29, 0.717) is 11.1 Å². The topological polar surface area (TPSA) is 56.0 Å². The monoisotopic (exact) mass is 276 g/mol. The standard InChI is InChI=1S/C17H12N2O2/c20-19(21)17-15(11-10-13-6-2-1-3-7-13)12-14-8-4-5-9-16(14)18-17/h1-12H/b11-10+. The maximum Gasteiger partial charge on any atom is 0.371 e. The van der Waals surface area contributed by atoms with Gasteiger partial charge in [0, 0.05) is 5.39 Å². The van der Waals surface area contributed by atoms with Gasteiger partial charge in [-0.3, -0.25) is 0 Å². The zero-order valence-corrected chi connectivity index (χ0v) is 11.1. The van der Waals surface area contributed by atoms with Crippen molar-refractivity contribution >= 4 is 28.9 Å². The van der Waals surface area contributed by atoms with E-state index in [-0.39, 0.29) is 5.82 Å². The van der Waals surface area contributed by atoms with Crippen molar-refractivity contribution in [3.63, 3.8) is 0 Å². The Morgan fingerprint density at radius 3 is 2.43 bits per heavy atom. The predicted molar refractivity (Wildman–Crippen MR) is 83.8 cm³/mol. The minimum atomic E-state index is -0.447. The number of hydrogen-bond acceptors (Lipinski definition) is 3. The molecule has 0 aliphatic heterocycles. The van der Waals surface area contributed by atoms with Crippen molar-refractivity contribution in [2.75, 3.05) is 0 Å². The highest BCUT2D eigenvalue weighted by atomic mass is 16.6. The number of aromatic nitrogens is 1. The molecule has 0 aliphatic carbocycles. The molecule has 3 aromatic rings. The highest BCUT2D eigenvalue weighted by Gasteiger charge is 2.15. The first-order chi connectivity index (χ1) is 10.2. The summed E-state index contributed by atoms with van der Waals surface area (Å²) in [4.78, 5) is 14.9. The van der Waals surface area contributed by atoms with Gasteiger partial charge in [-0.15, -0.1) is 0 Å². The van der Waals surface area contributed by atoms with Crippen molar-refractivity contribution in [1.82, 2.24) is 4.98 Å². The fraction of sp³-hybridized carbons (Fsp3) is 0. The molecule has 4 nitrogen and oxygen atoms in total. The van der Waals surface area contributed by atoms with Crippen LogP contribution < -0.4 is 0 Å². The van der Waals surface area contributed by atoms with E-state index < -0.39 is 4.92 Å². The summed E-state index contributed by atoms with van der Waals surface area (Å²) in [6.07, 6.45) is 3.58. The fourth-order valence-corrected chi connectivity index (χ4v) is 2.14. The molecule has 1 heterocycles. The van der Waals surface area contributed by atoms with E-state index in [4.69, 9.17) is 0 Å². The average Bonchev–Trinajstić information content (AvgIpc) is 2.53. The zero-order valence-electron chi connectivity index (χ0n) is 11.1. The van der Waals surface area contributed by atoms with Crippen LogP contribution in [-0.2, 0) is 0 Å². The Morgan fingerprint density at radius 1 is 0.952 bits per heavy atom. The number of pyridine rings is 1. The Morgan fingerprint density at radius 2 is 1.67 bits per heavy atom. The van der Waals surface area contributed by atoms with Crippen molar-refractivity contribution in [2.24, 2.45) is 0 Å². The molecule has 4 heteroatoms. The average molecular weight is 276 g/mol. The first-order valence-electron chi connectivity index (χ1n) is 6.51. The lowest BCUT2D eigenvalue weighted by Crippen LogP contribution is -1.96. The summed E-state index contributed by atoms with van der Waals surface area (Å²) in [5.74, 6) is -0.124. The van der Waals surface area contributed by atoms with Gasteiger partial charge in [-0.1, -0.05) is 54.6 Å². The number of hydrogen-bond donors (Lipinski definition) is 0. The zero-order chi connectivity index (χ0) is 14.7. The number of fused-ring (bicyclic) bond motifs is 1. The molecule has 0 saturated heterocycles. The molecule has 0 N–H and O–H groups in total. The van der Waals surface area contributed by atoms with Gasteiger partial charge in [-0.2, -0.15) is 0 Å². The summed E-state index contributed by atoms with van der Waals surface area (Å²) in [6, 6.07) is 18.8. The van der Waals surface area contributed by atoms with E-state index in [1.54, 1.807) is 18.2 Å². The smallest absolute Gasteiger partial charge is 0.358 e. The summed E-state index contributed by atoms with van der Waals surface area (Å²) in [7, 11) is 0. The van der Waals surface area contributed by atoms with E-state index in [9.17, 15) is 10.1 Å². The van der Waals surface area contributed by atoms with Gasteiger partial charge in [0.15, 0.2) is 5.52 Å². The quantitative estimate of drug-likeness (QED) is 0.529. The second kappa shape index (κ2) is 5.54. The van der Waals surface area contributed by atoms with Gasteiger partial charge in [-0.25, -0.2) is 0 Å². The Kier molecular flexibility index (Phi) is 3.43. The lowest BCUT2D eigenvalue weighted by molar-refractivity contribution is -0.389. The number of rotatable bonds is 3. The fourth-order valence-electron chi connectivity index (χ4n) is 2.14. The molecule has 102 valence electrons. The number of nitro groups is 1. The molecule has 21 heavy (non-hydrogen) atoms. The Hall–Kier alpha value is -3.01. The van der Waals surface area contributed by atoms with Gasteiger partial charge < -0.3 is 10.1 Å². The van der Waals surface area contributed by atoms with Crippen LogP contribution in [-0.4, -0.2) is 9.91 Å². The number of benzene rings is 2. The molecule has 0 unspecified atom stereocenters. The van der Waals surface area contributed by atoms with E-state index in [2.05, 4.69) is 4.98 Å². The SMILES string of the molecule is O=[N+]([O-])c1nc2ccccc2cc1/C=C/c1ccccc1. The second-order valence-electron chi connectivity index (χ2n) is 4.60. The van der Waals surface area contributed by atoms with Crippen molar-refractivity contribution < 1.29 is 4.92 Å². The van der Waals surface area contributed by atoms with Crippen LogP contribution in [0.3, 0.4) is 0 Å². The highest BCUT2D eigenvalue weighted by molar-refractivity contribution is 5.85. The predicted octanol–water partition coefficient (Wildman–Crippen LogP) is 4.31. The Bertz CT molecular complexity index is 827. The minimum Gasteiger partial charge on any atom is -0.358 e. The lowest BCUT2D eigenvalue weighted by atomic mass is 10.1. The van der Waals surface area contributed by atoms with Crippen LogP contribution in [0.4, 0.5) is 5.82 Å². The third-order valence-electron chi connectivity index (χ3n) is 3.16. The van der Waals surface area contributed by atoms with Crippen molar-refractivity contribution in [3.05, 3.63) is 81.9 Å². The first-order valence-corrected chi connectivity index (χ1v) is 6.51. The summed E-state index contributed by atoms with van der Waals surface area (Å²) >= 11 is 0. The maximum absolute atomic E-state index is 11.2.